The molecule has 0 amide bonds. The SMILES string of the molecule is Cc1ccc2c(c1)CC(c1ccccc1)CC2. The second-order valence-corrected chi connectivity index (χ2v) is 5.12. The molecule has 0 aliphatic heterocycles. The molecule has 0 heterocycles. The van der Waals surface area contributed by atoms with E-state index in [2.05, 4.69) is 55.5 Å². The molecule has 2 aromatic rings. The zero-order valence-corrected chi connectivity index (χ0v) is 10.3. The summed E-state index contributed by atoms with van der Waals surface area (Å²) < 4.78 is 0. The fourth-order valence-corrected chi connectivity index (χ4v) is 2.90. The van der Waals surface area contributed by atoms with E-state index in [0.717, 1.165) is 0 Å². The maximum atomic E-state index is 2.37. The molecule has 1 unspecified atom stereocenters. The summed E-state index contributed by atoms with van der Waals surface area (Å²) >= 11 is 0. The largest absolute Gasteiger partial charge is 0.0622 e. The molecule has 0 nitrogen and oxygen atoms in total. The highest BCUT2D eigenvalue weighted by Crippen LogP contribution is 2.32. The summed E-state index contributed by atoms with van der Waals surface area (Å²) in [5.41, 5.74) is 6.00. The van der Waals surface area contributed by atoms with Crippen molar-refractivity contribution in [2.75, 3.05) is 0 Å². The van der Waals surface area contributed by atoms with Gasteiger partial charge in [0, 0.05) is 0 Å². The summed E-state index contributed by atoms with van der Waals surface area (Å²) in [6, 6.07) is 17.9. The van der Waals surface area contributed by atoms with E-state index in [9.17, 15) is 0 Å². The van der Waals surface area contributed by atoms with Crippen LogP contribution in [-0.2, 0) is 12.8 Å². The van der Waals surface area contributed by atoms with Crippen molar-refractivity contribution in [2.24, 2.45) is 0 Å². The Kier molecular flexibility index (Phi) is 2.72. The first-order valence-electron chi connectivity index (χ1n) is 6.46. The van der Waals surface area contributed by atoms with E-state index in [-0.39, 0.29) is 0 Å². The Bertz CT molecular complexity index is 511. The molecule has 0 saturated heterocycles. The highest BCUT2D eigenvalue weighted by Gasteiger charge is 2.19. The molecule has 0 bridgehead atoms. The molecule has 1 atom stereocenters. The average Bonchev–Trinajstić information content (AvgIpc) is 2.39. The fourth-order valence-electron chi connectivity index (χ4n) is 2.90. The van der Waals surface area contributed by atoms with Gasteiger partial charge in [0.2, 0.25) is 0 Å². The molecular weight excluding hydrogens is 204 g/mol. The van der Waals surface area contributed by atoms with Crippen LogP contribution in [0.25, 0.3) is 0 Å². The summed E-state index contributed by atoms with van der Waals surface area (Å²) in [6.45, 7) is 2.19. The number of fused-ring (bicyclic) bond motifs is 1. The van der Waals surface area contributed by atoms with Gasteiger partial charge in [-0.05, 0) is 48.8 Å². The van der Waals surface area contributed by atoms with Crippen molar-refractivity contribution in [3.8, 4) is 0 Å². The Morgan fingerprint density at radius 2 is 1.76 bits per heavy atom. The Balaban J connectivity index is 1.90. The molecule has 0 spiro atoms. The molecule has 0 N–H and O–H groups in total. The van der Waals surface area contributed by atoms with Gasteiger partial charge in [-0.25, -0.2) is 0 Å². The normalized spacial score (nSPS) is 18.8. The minimum Gasteiger partial charge on any atom is -0.0622 e. The predicted octanol–water partition coefficient (Wildman–Crippen LogP) is 4.27. The summed E-state index contributed by atoms with van der Waals surface area (Å²) in [6.07, 6.45) is 3.73. The number of benzene rings is 2. The third-order valence-corrected chi connectivity index (χ3v) is 3.86. The van der Waals surface area contributed by atoms with Crippen LogP contribution in [-0.4, -0.2) is 0 Å². The van der Waals surface area contributed by atoms with Crippen LogP contribution in [0.2, 0.25) is 0 Å². The highest BCUT2D eigenvalue weighted by molar-refractivity contribution is 5.36. The molecule has 1 aliphatic carbocycles. The number of hydrogen-bond acceptors (Lipinski definition) is 0. The Morgan fingerprint density at radius 3 is 2.59 bits per heavy atom. The van der Waals surface area contributed by atoms with Crippen LogP contribution in [0.15, 0.2) is 48.5 Å². The van der Waals surface area contributed by atoms with Gasteiger partial charge in [0.05, 0.1) is 0 Å². The maximum absolute atomic E-state index is 2.37. The van der Waals surface area contributed by atoms with Gasteiger partial charge in [-0.1, -0.05) is 54.1 Å². The van der Waals surface area contributed by atoms with E-state index in [1.165, 1.54) is 30.4 Å². The minimum absolute atomic E-state index is 0.713. The first-order chi connectivity index (χ1) is 8.33. The van der Waals surface area contributed by atoms with Gasteiger partial charge in [0.1, 0.15) is 0 Å². The molecule has 17 heavy (non-hydrogen) atoms. The van der Waals surface area contributed by atoms with Gasteiger partial charge in [-0.3, -0.25) is 0 Å². The molecule has 0 aromatic heterocycles. The second-order valence-electron chi connectivity index (χ2n) is 5.12. The predicted molar refractivity (Wildman–Crippen MR) is 72.4 cm³/mol. The molecule has 0 saturated carbocycles. The van der Waals surface area contributed by atoms with E-state index in [1.54, 1.807) is 11.1 Å². The summed E-state index contributed by atoms with van der Waals surface area (Å²) in [4.78, 5) is 0. The van der Waals surface area contributed by atoms with E-state index < -0.39 is 0 Å². The molecule has 0 heteroatoms. The minimum atomic E-state index is 0.713. The first-order valence-corrected chi connectivity index (χ1v) is 6.46. The van der Waals surface area contributed by atoms with Gasteiger partial charge >= 0.3 is 0 Å². The van der Waals surface area contributed by atoms with Crippen LogP contribution in [0.1, 0.15) is 34.6 Å². The van der Waals surface area contributed by atoms with Crippen LogP contribution >= 0.6 is 0 Å². The van der Waals surface area contributed by atoms with Gasteiger partial charge < -0.3 is 0 Å². The van der Waals surface area contributed by atoms with Crippen LogP contribution in [0.4, 0.5) is 0 Å². The van der Waals surface area contributed by atoms with Crippen molar-refractivity contribution in [3.63, 3.8) is 0 Å². The third kappa shape index (κ3) is 2.12. The molecule has 1 aliphatic rings. The quantitative estimate of drug-likeness (QED) is 0.676. The number of aryl methyl sites for hydroxylation is 2. The van der Waals surface area contributed by atoms with Crippen LogP contribution < -0.4 is 0 Å². The molecule has 3 rings (SSSR count). The lowest BCUT2D eigenvalue weighted by molar-refractivity contribution is 0.584. The molecule has 2 aromatic carbocycles. The summed E-state index contributed by atoms with van der Waals surface area (Å²) in [7, 11) is 0. The van der Waals surface area contributed by atoms with Crippen molar-refractivity contribution < 1.29 is 0 Å². The lowest BCUT2D eigenvalue weighted by Crippen LogP contribution is -2.12. The van der Waals surface area contributed by atoms with Gasteiger partial charge in [-0.2, -0.15) is 0 Å². The average molecular weight is 222 g/mol. The van der Waals surface area contributed by atoms with Gasteiger partial charge in [-0.15, -0.1) is 0 Å². The Morgan fingerprint density at radius 1 is 0.941 bits per heavy atom. The monoisotopic (exact) mass is 222 g/mol. The fraction of sp³-hybridized carbons (Fsp3) is 0.294. The Hall–Kier alpha value is -1.56. The van der Waals surface area contributed by atoms with Crippen LogP contribution in [0.5, 0.6) is 0 Å². The third-order valence-electron chi connectivity index (χ3n) is 3.86. The topological polar surface area (TPSA) is 0 Å². The van der Waals surface area contributed by atoms with E-state index in [0.29, 0.717) is 5.92 Å². The van der Waals surface area contributed by atoms with Crippen molar-refractivity contribution >= 4 is 0 Å². The maximum Gasteiger partial charge on any atom is -0.0118 e. The van der Waals surface area contributed by atoms with Crippen molar-refractivity contribution in [3.05, 3.63) is 70.8 Å². The zero-order valence-electron chi connectivity index (χ0n) is 10.3. The van der Waals surface area contributed by atoms with Crippen molar-refractivity contribution in [1.29, 1.82) is 0 Å². The van der Waals surface area contributed by atoms with Gasteiger partial charge in [0.15, 0.2) is 0 Å². The van der Waals surface area contributed by atoms with E-state index in [4.69, 9.17) is 0 Å². The summed E-state index contributed by atoms with van der Waals surface area (Å²) in [5.74, 6) is 0.713. The molecule has 0 radical (unpaired) electrons. The smallest absolute Gasteiger partial charge is 0.0118 e. The lowest BCUT2D eigenvalue weighted by atomic mass is 9.80. The molecule has 0 fully saturated rings. The van der Waals surface area contributed by atoms with Crippen LogP contribution in [0.3, 0.4) is 0 Å². The number of hydrogen-bond donors (Lipinski definition) is 0. The number of rotatable bonds is 1. The Labute approximate surface area is 103 Å². The lowest BCUT2D eigenvalue weighted by Gasteiger charge is -2.25. The van der Waals surface area contributed by atoms with Crippen molar-refractivity contribution in [1.82, 2.24) is 0 Å². The van der Waals surface area contributed by atoms with Gasteiger partial charge in [0.25, 0.3) is 0 Å². The van der Waals surface area contributed by atoms with E-state index in [1.807, 2.05) is 0 Å². The molecular formula is C17H18. The molecule has 86 valence electrons. The standard InChI is InChI=1S/C17H18/c1-13-7-8-15-9-10-16(12-17(15)11-13)14-5-3-2-4-6-14/h2-8,11,16H,9-10,12H2,1H3. The first kappa shape index (κ1) is 10.6. The van der Waals surface area contributed by atoms with E-state index >= 15 is 0 Å². The highest BCUT2D eigenvalue weighted by atomic mass is 14.2. The second kappa shape index (κ2) is 4.37. The van der Waals surface area contributed by atoms with Crippen molar-refractivity contribution in [2.45, 2.75) is 32.1 Å². The zero-order chi connectivity index (χ0) is 11.7. The summed E-state index contributed by atoms with van der Waals surface area (Å²) in [5, 5.41) is 0. The van der Waals surface area contributed by atoms with Crippen LogP contribution in [0, 0.1) is 6.92 Å².